The lowest BCUT2D eigenvalue weighted by Crippen LogP contribution is -2.08. The average molecular weight is 359 g/mol. The lowest BCUT2D eigenvalue weighted by atomic mass is 9.84. The average Bonchev–Trinajstić information content (AvgIpc) is 2.57. The minimum absolute atomic E-state index is 0.321. The zero-order valence-electron chi connectivity index (χ0n) is 12.4. The molecule has 0 amide bonds. The molecule has 0 atom stereocenters. The zero-order chi connectivity index (χ0) is 15.4. The maximum atomic E-state index is 12.1. The first-order valence-electron chi connectivity index (χ1n) is 7.80. The highest BCUT2D eigenvalue weighted by Crippen LogP contribution is 2.33. The molecular formula is C19H19BrO2. The number of halogens is 1. The van der Waals surface area contributed by atoms with Crippen molar-refractivity contribution in [3.63, 3.8) is 0 Å². The van der Waals surface area contributed by atoms with Gasteiger partial charge in [-0.3, -0.25) is 0 Å². The Morgan fingerprint density at radius 2 is 1.55 bits per heavy atom. The molecule has 3 heteroatoms. The maximum Gasteiger partial charge on any atom is 0.343 e. The Morgan fingerprint density at radius 3 is 2.18 bits per heavy atom. The van der Waals surface area contributed by atoms with E-state index in [2.05, 4.69) is 28.1 Å². The number of hydrogen-bond acceptors (Lipinski definition) is 2. The molecule has 0 aromatic heterocycles. The summed E-state index contributed by atoms with van der Waals surface area (Å²) in [7, 11) is 0. The molecular weight excluding hydrogens is 340 g/mol. The van der Waals surface area contributed by atoms with Crippen molar-refractivity contribution in [3.8, 4) is 5.75 Å². The summed E-state index contributed by atoms with van der Waals surface area (Å²) in [6, 6.07) is 15.2. The van der Waals surface area contributed by atoms with Crippen LogP contribution < -0.4 is 4.74 Å². The van der Waals surface area contributed by atoms with Gasteiger partial charge in [-0.2, -0.15) is 0 Å². The van der Waals surface area contributed by atoms with Crippen molar-refractivity contribution in [1.82, 2.24) is 0 Å². The zero-order valence-corrected chi connectivity index (χ0v) is 14.0. The van der Waals surface area contributed by atoms with E-state index in [1.165, 1.54) is 37.7 Å². The van der Waals surface area contributed by atoms with Crippen molar-refractivity contribution in [2.45, 2.75) is 38.0 Å². The van der Waals surface area contributed by atoms with Gasteiger partial charge in [-0.05, 0) is 60.7 Å². The summed E-state index contributed by atoms with van der Waals surface area (Å²) in [5, 5.41) is 0. The van der Waals surface area contributed by atoms with E-state index in [4.69, 9.17) is 4.74 Å². The van der Waals surface area contributed by atoms with Crippen LogP contribution in [-0.2, 0) is 0 Å². The van der Waals surface area contributed by atoms with E-state index in [0.29, 0.717) is 17.2 Å². The number of rotatable bonds is 3. The van der Waals surface area contributed by atoms with Crippen LogP contribution >= 0.6 is 15.9 Å². The minimum atomic E-state index is -0.321. The molecule has 1 fully saturated rings. The highest BCUT2D eigenvalue weighted by Gasteiger charge is 2.15. The van der Waals surface area contributed by atoms with Crippen molar-refractivity contribution in [3.05, 3.63) is 64.1 Å². The van der Waals surface area contributed by atoms with Crippen LogP contribution in [0.1, 0.15) is 53.9 Å². The van der Waals surface area contributed by atoms with Crippen molar-refractivity contribution in [2.75, 3.05) is 0 Å². The molecule has 0 aliphatic heterocycles. The highest BCUT2D eigenvalue weighted by molar-refractivity contribution is 9.10. The minimum Gasteiger partial charge on any atom is -0.423 e. The van der Waals surface area contributed by atoms with Crippen LogP contribution in [0, 0.1) is 0 Å². The molecule has 2 aromatic rings. The van der Waals surface area contributed by atoms with Crippen LogP contribution in [0.25, 0.3) is 0 Å². The molecule has 0 saturated heterocycles. The molecule has 2 aromatic carbocycles. The summed E-state index contributed by atoms with van der Waals surface area (Å²) in [5.74, 6) is 0.954. The predicted molar refractivity (Wildman–Crippen MR) is 91.4 cm³/mol. The van der Waals surface area contributed by atoms with Crippen LogP contribution in [0.15, 0.2) is 53.0 Å². The Morgan fingerprint density at radius 1 is 0.909 bits per heavy atom. The Kier molecular flexibility index (Phi) is 4.94. The van der Waals surface area contributed by atoms with Gasteiger partial charge in [0, 0.05) is 4.47 Å². The van der Waals surface area contributed by atoms with Gasteiger partial charge in [-0.25, -0.2) is 4.79 Å². The molecule has 0 heterocycles. The third-order valence-electron chi connectivity index (χ3n) is 4.25. The number of carbonyl (C=O) groups excluding carboxylic acids is 1. The van der Waals surface area contributed by atoms with Gasteiger partial charge in [0.15, 0.2) is 0 Å². The normalized spacial score (nSPS) is 15.5. The fourth-order valence-electron chi connectivity index (χ4n) is 3.00. The van der Waals surface area contributed by atoms with Gasteiger partial charge < -0.3 is 4.74 Å². The molecule has 22 heavy (non-hydrogen) atoms. The van der Waals surface area contributed by atoms with E-state index in [1.54, 1.807) is 12.1 Å². The first-order chi connectivity index (χ1) is 10.7. The Balaban J connectivity index is 1.65. The Bertz CT molecular complexity index is 625. The van der Waals surface area contributed by atoms with Crippen molar-refractivity contribution < 1.29 is 9.53 Å². The summed E-state index contributed by atoms with van der Waals surface area (Å²) in [5.41, 5.74) is 1.92. The molecule has 1 saturated carbocycles. The van der Waals surface area contributed by atoms with Crippen LogP contribution in [0.5, 0.6) is 5.75 Å². The van der Waals surface area contributed by atoms with Gasteiger partial charge in [-0.1, -0.05) is 47.3 Å². The Hall–Kier alpha value is -1.61. The van der Waals surface area contributed by atoms with Gasteiger partial charge in [0.25, 0.3) is 0 Å². The van der Waals surface area contributed by atoms with E-state index >= 15 is 0 Å². The molecule has 114 valence electrons. The predicted octanol–water partition coefficient (Wildman–Crippen LogP) is 5.72. The van der Waals surface area contributed by atoms with Crippen molar-refractivity contribution in [2.24, 2.45) is 0 Å². The topological polar surface area (TPSA) is 26.3 Å². The third kappa shape index (κ3) is 3.77. The number of esters is 1. The summed E-state index contributed by atoms with van der Waals surface area (Å²) in [6.45, 7) is 0. The molecule has 0 unspecified atom stereocenters. The van der Waals surface area contributed by atoms with Gasteiger partial charge in [0.1, 0.15) is 5.75 Å². The van der Waals surface area contributed by atoms with Gasteiger partial charge in [-0.15, -0.1) is 0 Å². The monoisotopic (exact) mass is 358 g/mol. The fourth-order valence-corrected chi connectivity index (χ4v) is 3.26. The molecule has 0 spiro atoms. The molecule has 1 aliphatic rings. The second-order valence-electron chi connectivity index (χ2n) is 5.80. The first kappa shape index (κ1) is 15.3. The standard InChI is InChI=1S/C19H19BrO2/c20-17-10-6-16(7-11-17)19(21)22-18-12-8-15(9-13-18)14-4-2-1-3-5-14/h6-14H,1-5H2. The number of carbonyl (C=O) groups is 1. The second kappa shape index (κ2) is 7.10. The first-order valence-corrected chi connectivity index (χ1v) is 8.59. The smallest absolute Gasteiger partial charge is 0.343 e. The number of hydrogen-bond donors (Lipinski definition) is 0. The fraction of sp³-hybridized carbons (Fsp3) is 0.316. The molecule has 0 bridgehead atoms. The second-order valence-corrected chi connectivity index (χ2v) is 6.72. The molecule has 0 N–H and O–H groups in total. The van der Waals surface area contributed by atoms with Crippen molar-refractivity contribution in [1.29, 1.82) is 0 Å². The SMILES string of the molecule is O=C(Oc1ccc(C2CCCCC2)cc1)c1ccc(Br)cc1. The lowest BCUT2D eigenvalue weighted by molar-refractivity contribution is 0.0734. The van der Waals surface area contributed by atoms with Gasteiger partial charge in [0.2, 0.25) is 0 Å². The molecule has 1 aliphatic carbocycles. The van der Waals surface area contributed by atoms with Crippen molar-refractivity contribution >= 4 is 21.9 Å². The highest BCUT2D eigenvalue weighted by atomic mass is 79.9. The summed E-state index contributed by atoms with van der Waals surface area (Å²) < 4.78 is 6.37. The molecule has 3 rings (SSSR count). The lowest BCUT2D eigenvalue weighted by Gasteiger charge is -2.22. The van der Waals surface area contributed by atoms with E-state index in [0.717, 1.165) is 4.47 Å². The van der Waals surface area contributed by atoms with Crippen LogP contribution in [0.4, 0.5) is 0 Å². The van der Waals surface area contributed by atoms with E-state index in [1.807, 2.05) is 24.3 Å². The van der Waals surface area contributed by atoms with Crippen LogP contribution in [0.2, 0.25) is 0 Å². The van der Waals surface area contributed by atoms with Crippen LogP contribution in [0.3, 0.4) is 0 Å². The van der Waals surface area contributed by atoms with Gasteiger partial charge in [0.05, 0.1) is 5.56 Å². The summed E-state index contributed by atoms with van der Waals surface area (Å²) in [4.78, 5) is 12.1. The molecule has 2 nitrogen and oxygen atoms in total. The largest absolute Gasteiger partial charge is 0.423 e. The number of benzene rings is 2. The summed E-state index contributed by atoms with van der Waals surface area (Å²) in [6.07, 6.45) is 6.56. The van der Waals surface area contributed by atoms with Crippen LogP contribution in [-0.4, -0.2) is 5.97 Å². The van der Waals surface area contributed by atoms with E-state index in [9.17, 15) is 4.79 Å². The van der Waals surface area contributed by atoms with E-state index in [-0.39, 0.29) is 5.97 Å². The van der Waals surface area contributed by atoms with E-state index < -0.39 is 0 Å². The quantitative estimate of drug-likeness (QED) is 0.518. The third-order valence-corrected chi connectivity index (χ3v) is 4.78. The summed E-state index contributed by atoms with van der Waals surface area (Å²) >= 11 is 3.35. The Labute approximate surface area is 139 Å². The molecule has 0 radical (unpaired) electrons. The number of ether oxygens (including phenoxy) is 1. The van der Waals surface area contributed by atoms with Gasteiger partial charge >= 0.3 is 5.97 Å². The maximum absolute atomic E-state index is 12.1.